The van der Waals surface area contributed by atoms with E-state index in [9.17, 15) is 0 Å². The molecule has 2 heterocycles. The second-order valence-corrected chi connectivity index (χ2v) is 4.64. The van der Waals surface area contributed by atoms with Crippen LogP contribution in [0.1, 0.15) is 30.1 Å². The van der Waals surface area contributed by atoms with Gasteiger partial charge in [-0.05, 0) is 31.9 Å². The van der Waals surface area contributed by atoms with E-state index < -0.39 is 0 Å². The van der Waals surface area contributed by atoms with Crippen LogP contribution < -0.4 is 0 Å². The molecule has 0 unspecified atom stereocenters. The van der Waals surface area contributed by atoms with Gasteiger partial charge in [0.25, 0.3) is 0 Å². The van der Waals surface area contributed by atoms with E-state index >= 15 is 0 Å². The summed E-state index contributed by atoms with van der Waals surface area (Å²) in [5, 5.41) is 4.05. The Morgan fingerprint density at radius 1 is 1.41 bits per heavy atom. The molecule has 4 heteroatoms. The van der Waals surface area contributed by atoms with Gasteiger partial charge in [-0.3, -0.25) is 4.90 Å². The Kier molecular flexibility index (Phi) is 2.73. The van der Waals surface area contributed by atoms with Gasteiger partial charge in [0.15, 0.2) is 0 Å². The van der Waals surface area contributed by atoms with Gasteiger partial charge >= 0.3 is 0 Å². The summed E-state index contributed by atoms with van der Waals surface area (Å²) in [5.41, 5.74) is 1.00. The molecule has 0 bridgehead atoms. The van der Waals surface area contributed by atoms with Gasteiger partial charge in [0.05, 0.1) is 18.5 Å². The third kappa shape index (κ3) is 2.58. The van der Waals surface area contributed by atoms with E-state index in [1.807, 2.05) is 25.1 Å². The summed E-state index contributed by atoms with van der Waals surface area (Å²) in [6.45, 7) is 3.61. The van der Waals surface area contributed by atoms with Crippen LogP contribution in [0.15, 0.2) is 33.4 Å². The number of aromatic nitrogens is 1. The molecule has 0 N–H and O–H groups in total. The van der Waals surface area contributed by atoms with Gasteiger partial charge in [-0.25, -0.2) is 0 Å². The molecule has 2 aromatic rings. The van der Waals surface area contributed by atoms with Crippen molar-refractivity contribution in [1.82, 2.24) is 10.1 Å². The number of furan rings is 1. The van der Waals surface area contributed by atoms with Crippen LogP contribution in [0.5, 0.6) is 0 Å². The molecular weight excluding hydrogens is 216 g/mol. The van der Waals surface area contributed by atoms with Gasteiger partial charge in [-0.2, -0.15) is 0 Å². The predicted octanol–water partition coefficient (Wildman–Crippen LogP) is 2.74. The number of rotatable bonds is 5. The molecule has 1 aliphatic carbocycles. The fourth-order valence-corrected chi connectivity index (χ4v) is 2.06. The molecule has 3 rings (SSSR count). The molecule has 1 saturated carbocycles. The van der Waals surface area contributed by atoms with Crippen molar-refractivity contribution in [3.8, 4) is 0 Å². The minimum atomic E-state index is 0.678. The van der Waals surface area contributed by atoms with E-state index in [4.69, 9.17) is 8.94 Å². The first-order valence-corrected chi connectivity index (χ1v) is 6.00. The van der Waals surface area contributed by atoms with E-state index in [-0.39, 0.29) is 0 Å². The fourth-order valence-electron chi connectivity index (χ4n) is 2.06. The molecular formula is C13H16N2O2. The van der Waals surface area contributed by atoms with Gasteiger partial charge in [0, 0.05) is 18.7 Å². The van der Waals surface area contributed by atoms with Crippen molar-refractivity contribution in [3.63, 3.8) is 0 Å². The Hall–Kier alpha value is -1.55. The number of hydrogen-bond acceptors (Lipinski definition) is 4. The molecule has 2 aromatic heterocycles. The lowest BCUT2D eigenvalue weighted by Gasteiger charge is -2.18. The van der Waals surface area contributed by atoms with Crippen LogP contribution in [0.2, 0.25) is 0 Å². The lowest BCUT2D eigenvalue weighted by atomic mass is 10.3. The largest absolute Gasteiger partial charge is 0.468 e. The third-order valence-corrected chi connectivity index (χ3v) is 3.04. The topological polar surface area (TPSA) is 42.4 Å². The zero-order valence-electron chi connectivity index (χ0n) is 9.93. The van der Waals surface area contributed by atoms with Crippen LogP contribution in [0.4, 0.5) is 0 Å². The van der Waals surface area contributed by atoms with E-state index in [2.05, 4.69) is 10.1 Å². The summed E-state index contributed by atoms with van der Waals surface area (Å²) in [5.74, 6) is 1.88. The van der Waals surface area contributed by atoms with Crippen LogP contribution in [0.3, 0.4) is 0 Å². The quantitative estimate of drug-likeness (QED) is 0.795. The van der Waals surface area contributed by atoms with Crippen molar-refractivity contribution in [2.45, 2.75) is 38.9 Å². The maximum absolute atomic E-state index is 5.40. The molecule has 4 nitrogen and oxygen atoms in total. The van der Waals surface area contributed by atoms with Gasteiger partial charge in [-0.15, -0.1) is 0 Å². The summed E-state index contributed by atoms with van der Waals surface area (Å²) in [6, 6.07) is 6.62. The van der Waals surface area contributed by atoms with Crippen LogP contribution in [-0.2, 0) is 13.1 Å². The molecule has 0 saturated heterocycles. The van der Waals surface area contributed by atoms with E-state index in [1.54, 1.807) is 6.26 Å². The van der Waals surface area contributed by atoms with Gasteiger partial charge in [-0.1, -0.05) is 5.16 Å². The fraction of sp³-hybridized carbons (Fsp3) is 0.462. The first-order valence-electron chi connectivity index (χ1n) is 6.00. The maximum Gasteiger partial charge on any atom is 0.133 e. The minimum Gasteiger partial charge on any atom is -0.468 e. The van der Waals surface area contributed by atoms with Crippen molar-refractivity contribution >= 4 is 0 Å². The highest BCUT2D eigenvalue weighted by molar-refractivity contribution is 5.06. The van der Waals surface area contributed by atoms with Crippen molar-refractivity contribution < 1.29 is 8.94 Å². The molecule has 0 aromatic carbocycles. The predicted molar refractivity (Wildman–Crippen MR) is 62.2 cm³/mol. The van der Waals surface area contributed by atoms with Gasteiger partial charge in [0.1, 0.15) is 11.5 Å². The molecule has 0 aliphatic heterocycles. The van der Waals surface area contributed by atoms with Crippen molar-refractivity contribution in [1.29, 1.82) is 0 Å². The zero-order valence-corrected chi connectivity index (χ0v) is 9.93. The third-order valence-electron chi connectivity index (χ3n) is 3.04. The molecule has 90 valence electrons. The Morgan fingerprint density at radius 2 is 2.29 bits per heavy atom. The van der Waals surface area contributed by atoms with Crippen LogP contribution >= 0.6 is 0 Å². The van der Waals surface area contributed by atoms with Crippen LogP contribution in [0.25, 0.3) is 0 Å². The van der Waals surface area contributed by atoms with E-state index in [0.717, 1.165) is 30.3 Å². The number of aryl methyl sites for hydroxylation is 1. The van der Waals surface area contributed by atoms with E-state index in [1.165, 1.54) is 12.8 Å². The summed E-state index contributed by atoms with van der Waals surface area (Å²) < 4.78 is 10.5. The monoisotopic (exact) mass is 232 g/mol. The molecule has 0 radical (unpaired) electrons. The Morgan fingerprint density at radius 3 is 2.88 bits per heavy atom. The highest BCUT2D eigenvalue weighted by atomic mass is 16.5. The smallest absolute Gasteiger partial charge is 0.133 e. The molecule has 0 spiro atoms. The lowest BCUT2D eigenvalue weighted by Crippen LogP contribution is -2.24. The average molecular weight is 232 g/mol. The van der Waals surface area contributed by atoms with Gasteiger partial charge < -0.3 is 8.94 Å². The highest BCUT2D eigenvalue weighted by Gasteiger charge is 2.30. The summed E-state index contributed by atoms with van der Waals surface area (Å²) >= 11 is 0. The minimum absolute atomic E-state index is 0.678. The summed E-state index contributed by atoms with van der Waals surface area (Å²) in [6.07, 6.45) is 4.27. The second kappa shape index (κ2) is 4.37. The Balaban J connectivity index is 1.68. The lowest BCUT2D eigenvalue weighted by molar-refractivity contribution is 0.218. The van der Waals surface area contributed by atoms with Crippen molar-refractivity contribution in [2.75, 3.05) is 0 Å². The molecule has 1 fully saturated rings. The highest BCUT2D eigenvalue weighted by Crippen LogP contribution is 2.29. The second-order valence-electron chi connectivity index (χ2n) is 4.64. The first kappa shape index (κ1) is 10.6. The normalized spacial score (nSPS) is 15.6. The maximum atomic E-state index is 5.40. The first-order chi connectivity index (χ1) is 8.31. The summed E-state index contributed by atoms with van der Waals surface area (Å²) in [7, 11) is 0. The summed E-state index contributed by atoms with van der Waals surface area (Å²) in [4.78, 5) is 2.40. The van der Waals surface area contributed by atoms with Crippen LogP contribution in [-0.4, -0.2) is 16.1 Å². The molecule has 0 amide bonds. The molecule has 0 atom stereocenters. The number of hydrogen-bond donors (Lipinski definition) is 0. The Labute approximate surface area is 100 Å². The molecule has 17 heavy (non-hydrogen) atoms. The standard InChI is InChI=1S/C13H16N2O2/c1-10-7-11(14-17-10)8-15(12-4-5-12)9-13-3-2-6-16-13/h2-3,6-7,12H,4-5,8-9H2,1H3. The van der Waals surface area contributed by atoms with Crippen LogP contribution in [0, 0.1) is 6.92 Å². The van der Waals surface area contributed by atoms with Gasteiger partial charge in [0.2, 0.25) is 0 Å². The SMILES string of the molecule is Cc1cc(CN(Cc2ccco2)C2CC2)no1. The van der Waals surface area contributed by atoms with E-state index in [0.29, 0.717) is 6.04 Å². The number of nitrogens with zero attached hydrogens (tertiary/aromatic N) is 2. The van der Waals surface area contributed by atoms with Crippen molar-refractivity contribution in [2.24, 2.45) is 0 Å². The average Bonchev–Trinajstić information content (AvgIpc) is 2.89. The Bertz CT molecular complexity index is 471. The molecule has 1 aliphatic rings. The zero-order chi connectivity index (χ0) is 11.7. The van der Waals surface area contributed by atoms with Crippen molar-refractivity contribution in [3.05, 3.63) is 41.7 Å².